The van der Waals surface area contributed by atoms with Crippen molar-refractivity contribution in [1.82, 2.24) is 9.80 Å². The summed E-state index contributed by atoms with van der Waals surface area (Å²) in [5.41, 5.74) is 4.89. The molecule has 0 saturated heterocycles. The molecule has 0 unspecified atom stereocenters. The van der Waals surface area contributed by atoms with Crippen molar-refractivity contribution in [2.75, 3.05) is 27.3 Å². The lowest BCUT2D eigenvalue weighted by Gasteiger charge is -2.31. The highest BCUT2D eigenvalue weighted by Gasteiger charge is 2.28. The second-order valence-electron chi connectivity index (χ2n) is 12.4. The summed E-state index contributed by atoms with van der Waals surface area (Å²) >= 11 is 0. The Morgan fingerprint density at radius 3 is 1.48 bits per heavy atom. The Hall–Kier alpha value is -4.01. The van der Waals surface area contributed by atoms with Crippen LogP contribution in [0.3, 0.4) is 0 Å². The molecule has 2 aliphatic heterocycles. The summed E-state index contributed by atoms with van der Waals surface area (Å²) < 4.78 is 21.4. The molecule has 0 aromatic heterocycles. The molecular weight excluding hydrogens is 536 g/mol. The Labute approximate surface area is 249 Å². The SMILES string of the molecule is C=Cc1cc2c(cc1OC)CCN(C(=O)OC(C)(C)C)C2.COc1cc2c(cc1C=O)CN(C(=O)OC(C)(C)C)CC2. The largest absolute Gasteiger partial charge is 0.496 e. The highest BCUT2D eigenvalue weighted by atomic mass is 16.6. The highest BCUT2D eigenvalue weighted by molar-refractivity contribution is 5.80. The number of fused-ring (bicyclic) bond motifs is 2. The fourth-order valence-corrected chi connectivity index (χ4v) is 4.78. The Morgan fingerprint density at radius 2 is 1.12 bits per heavy atom. The Bertz CT molecular complexity index is 1220. The Morgan fingerprint density at radius 1 is 0.714 bits per heavy atom. The van der Waals surface area contributed by atoms with Gasteiger partial charge in [0.1, 0.15) is 22.7 Å². The van der Waals surface area contributed by atoms with Gasteiger partial charge >= 0.3 is 12.2 Å². The number of ether oxygens (including phenoxy) is 4. The van der Waals surface area contributed by atoms with Crippen molar-refractivity contribution in [3.05, 3.63) is 64.2 Å². The highest BCUT2D eigenvalue weighted by Crippen LogP contribution is 2.30. The van der Waals surface area contributed by atoms with Crippen molar-refractivity contribution in [1.29, 1.82) is 0 Å². The minimum absolute atomic E-state index is 0.260. The number of carbonyl (C=O) groups is 3. The molecule has 2 aromatic carbocycles. The monoisotopic (exact) mass is 580 g/mol. The zero-order valence-corrected chi connectivity index (χ0v) is 26.2. The number of methoxy groups -OCH3 is 2. The lowest BCUT2D eigenvalue weighted by Crippen LogP contribution is -2.39. The second kappa shape index (κ2) is 13.3. The maximum absolute atomic E-state index is 12.2. The molecule has 0 bridgehead atoms. The van der Waals surface area contributed by atoms with Gasteiger partial charge in [0.2, 0.25) is 0 Å². The smallest absolute Gasteiger partial charge is 0.410 e. The minimum Gasteiger partial charge on any atom is -0.496 e. The van der Waals surface area contributed by atoms with E-state index in [1.54, 1.807) is 36.2 Å². The Kier molecular flexibility index (Phi) is 10.3. The molecule has 2 aromatic rings. The van der Waals surface area contributed by atoms with Gasteiger partial charge in [0.25, 0.3) is 0 Å². The van der Waals surface area contributed by atoms with Gasteiger partial charge in [-0.05, 0) is 101 Å². The van der Waals surface area contributed by atoms with Crippen molar-refractivity contribution in [2.45, 2.75) is 78.7 Å². The van der Waals surface area contributed by atoms with Crippen LogP contribution in [0.15, 0.2) is 30.8 Å². The van der Waals surface area contributed by atoms with E-state index in [-0.39, 0.29) is 12.2 Å². The molecule has 2 aliphatic rings. The first-order chi connectivity index (χ1) is 19.7. The van der Waals surface area contributed by atoms with Crippen LogP contribution in [0.25, 0.3) is 6.08 Å². The molecule has 9 heteroatoms. The van der Waals surface area contributed by atoms with Gasteiger partial charge in [0, 0.05) is 31.7 Å². The predicted molar refractivity (Wildman–Crippen MR) is 162 cm³/mol. The van der Waals surface area contributed by atoms with E-state index in [1.165, 1.54) is 5.56 Å². The topological polar surface area (TPSA) is 94.6 Å². The third-order valence-electron chi connectivity index (χ3n) is 6.78. The van der Waals surface area contributed by atoms with Crippen molar-refractivity contribution in [2.24, 2.45) is 0 Å². The number of hydrogen-bond donors (Lipinski definition) is 0. The van der Waals surface area contributed by atoms with E-state index in [2.05, 4.69) is 6.58 Å². The van der Waals surface area contributed by atoms with Crippen LogP contribution in [0.5, 0.6) is 11.5 Å². The third-order valence-corrected chi connectivity index (χ3v) is 6.78. The molecule has 2 heterocycles. The van der Waals surface area contributed by atoms with E-state index < -0.39 is 11.2 Å². The normalized spacial score (nSPS) is 14.4. The molecule has 0 saturated carbocycles. The maximum Gasteiger partial charge on any atom is 0.410 e. The van der Waals surface area contributed by atoms with Crippen LogP contribution in [0.1, 0.15) is 79.7 Å². The summed E-state index contributed by atoms with van der Waals surface area (Å²) in [6.07, 6.45) is 3.49. The molecule has 0 N–H and O–H groups in total. The summed E-state index contributed by atoms with van der Waals surface area (Å²) in [6, 6.07) is 7.75. The quantitative estimate of drug-likeness (QED) is 0.385. The summed E-state index contributed by atoms with van der Waals surface area (Å²) in [5, 5.41) is 0. The molecular formula is C33H44N2O7. The van der Waals surface area contributed by atoms with Gasteiger partial charge in [-0.15, -0.1) is 0 Å². The van der Waals surface area contributed by atoms with E-state index in [1.807, 2.05) is 59.7 Å². The van der Waals surface area contributed by atoms with Gasteiger partial charge < -0.3 is 28.7 Å². The van der Waals surface area contributed by atoms with Gasteiger partial charge in [-0.3, -0.25) is 4.79 Å². The zero-order chi connectivity index (χ0) is 31.2. The first-order valence-corrected chi connectivity index (χ1v) is 14.1. The first-order valence-electron chi connectivity index (χ1n) is 14.1. The average Bonchev–Trinajstić information content (AvgIpc) is 2.93. The molecule has 0 atom stereocenters. The van der Waals surface area contributed by atoms with E-state index >= 15 is 0 Å². The number of benzene rings is 2. The lowest BCUT2D eigenvalue weighted by atomic mass is 9.96. The molecule has 0 fully saturated rings. The van der Waals surface area contributed by atoms with Crippen LogP contribution < -0.4 is 9.47 Å². The molecule has 228 valence electrons. The summed E-state index contributed by atoms with van der Waals surface area (Å²) in [7, 11) is 3.20. The lowest BCUT2D eigenvalue weighted by molar-refractivity contribution is 0.0213. The zero-order valence-electron chi connectivity index (χ0n) is 26.2. The van der Waals surface area contributed by atoms with E-state index in [4.69, 9.17) is 18.9 Å². The fourth-order valence-electron chi connectivity index (χ4n) is 4.78. The molecule has 42 heavy (non-hydrogen) atoms. The number of amides is 2. The molecule has 0 radical (unpaired) electrons. The van der Waals surface area contributed by atoms with Gasteiger partial charge in [-0.25, -0.2) is 9.59 Å². The van der Waals surface area contributed by atoms with E-state index in [9.17, 15) is 14.4 Å². The van der Waals surface area contributed by atoms with Crippen LogP contribution in [-0.2, 0) is 35.4 Å². The van der Waals surface area contributed by atoms with Crippen molar-refractivity contribution >= 4 is 24.5 Å². The van der Waals surface area contributed by atoms with Crippen LogP contribution in [-0.4, -0.2) is 66.8 Å². The number of carbonyl (C=O) groups excluding carboxylic acids is 3. The van der Waals surface area contributed by atoms with E-state index in [0.717, 1.165) is 47.1 Å². The van der Waals surface area contributed by atoms with Crippen LogP contribution in [0.4, 0.5) is 9.59 Å². The fraction of sp³-hybridized carbons (Fsp3) is 0.485. The second-order valence-corrected chi connectivity index (χ2v) is 12.4. The molecule has 0 spiro atoms. The third kappa shape index (κ3) is 8.50. The standard InChI is InChI=1S/C17H23NO3.C16H21NO4/c1-6-12-9-14-11-18(16(19)21-17(2,3)4)8-7-13(14)10-15(12)20-5;1-16(2,3)21-15(19)17-6-5-11-8-14(20-4)13(10-18)7-12(11)9-17/h6,9-10H,1,7-8,11H2,2-5H3;7-8,10H,5-6,9H2,1-4H3. The minimum atomic E-state index is -0.509. The van der Waals surface area contributed by atoms with Crippen LogP contribution in [0, 0.1) is 0 Å². The Balaban J connectivity index is 0.000000230. The average molecular weight is 581 g/mol. The predicted octanol–water partition coefficient (Wildman–Crippen LogP) is 6.43. The number of aldehydes is 1. The number of rotatable bonds is 4. The van der Waals surface area contributed by atoms with Gasteiger partial charge in [-0.1, -0.05) is 12.7 Å². The van der Waals surface area contributed by atoms with Crippen molar-refractivity contribution in [3.63, 3.8) is 0 Å². The molecule has 9 nitrogen and oxygen atoms in total. The number of hydrogen-bond acceptors (Lipinski definition) is 7. The molecule has 0 aliphatic carbocycles. The van der Waals surface area contributed by atoms with Crippen LogP contribution in [0.2, 0.25) is 0 Å². The summed E-state index contributed by atoms with van der Waals surface area (Å²) in [5.74, 6) is 1.41. The van der Waals surface area contributed by atoms with Gasteiger partial charge in [-0.2, -0.15) is 0 Å². The van der Waals surface area contributed by atoms with Crippen molar-refractivity contribution in [3.8, 4) is 11.5 Å². The van der Waals surface area contributed by atoms with E-state index in [0.29, 0.717) is 37.5 Å². The summed E-state index contributed by atoms with van der Waals surface area (Å²) in [6.45, 7) is 17.3. The maximum atomic E-state index is 12.2. The number of nitrogens with zero attached hydrogens (tertiary/aromatic N) is 2. The van der Waals surface area contributed by atoms with Gasteiger partial charge in [0.05, 0.1) is 19.8 Å². The molecule has 4 rings (SSSR count). The first kappa shape index (κ1) is 32.5. The van der Waals surface area contributed by atoms with Crippen molar-refractivity contribution < 1.29 is 33.3 Å². The molecule has 2 amide bonds. The summed E-state index contributed by atoms with van der Waals surface area (Å²) in [4.78, 5) is 38.8. The van der Waals surface area contributed by atoms with Crippen LogP contribution >= 0.6 is 0 Å². The van der Waals surface area contributed by atoms with Gasteiger partial charge in [0.15, 0.2) is 6.29 Å².